The fraction of sp³-hybridized carbons (Fsp3) is 0.538. The van der Waals surface area contributed by atoms with Crippen LogP contribution in [0.1, 0.15) is 23.3 Å². The van der Waals surface area contributed by atoms with Crippen molar-refractivity contribution < 1.29 is 9.53 Å². The normalized spacial score (nSPS) is 33.1. The zero-order valence-corrected chi connectivity index (χ0v) is 10.6. The average Bonchev–Trinajstić information content (AvgIpc) is 2.44. The number of nitrogens with two attached hydrogens (primary N) is 2. The first kappa shape index (κ1) is 12.4. The summed E-state index contributed by atoms with van der Waals surface area (Å²) in [5.74, 6) is 0.517. The Hall–Kier alpha value is -1.66. The number of aromatic nitrogens is 1. The Labute approximate surface area is 111 Å². The highest BCUT2D eigenvalue weighted by Gasteiger charge is 2.50. The van der Waals surface area contributed by atoms with Crippen LogP contribution < -0.4 is 16.8 Å². The number of pyridine rings is 1. The van der Waals surface area contributed by atoms with Crippen LogP contribution in [0.15, 0.2) is 18.2 Å². The number of rotatable bonds is 3. The Bertz CT molecular complexity index is 493. The van der Waals surface area contributed by atoms with Crippen molar-refractivity contribution in [1.82, 2.24) is 4.98 Å². The van der Waals surface area contributed by atoms with Gasteiger partial charge in [0.25, 0.3) is 5.91 Å². The van der Waals surface area contributed by atoms with Gasteiger partial charge < -0.3 is 21.5 Å². The van der Waals surface area contributed by atoms with Crippen LogP contribution in [0.5, 0.6) is 0 Å². The number of hydrogen-bond donors (Lipinski definition) is 3. The molecular weight excluding hydrogens is 244 g/mol. The fourth-order valence-electron chi connectivity index (χ4n) is 2.95. The first-order valence-corrected chi connectivity index (χ1v) is 6.57. The first-order chi connectivity index (χ1) is 9.16. The number of nitrogens with zero attached hydrogens (tertiary/aromatic N) is 1. The van der Waals surface area contributed by atoms with Gasteiger partial charge in [0.1, 0.15) is 11.5 Å². The topological polar surface area (TPSA) is 103 Å². The summed E-state index contributed by atoms with van der Waals surface area (Å²) < 4.78 is 5.75. The van der Waals surface area contributed by atoms with Crippen molar-refractivity contribution in [3.63, 3.8) is 0 Å². The maximum atomic E-state index is 11.1. The number of primary amides is 1. The Morgan fingerprint density at radius 3 is 3.11 bits per heavy atom. The summed E-state index contributed by atoms with van der Waals surface area (Å²) in [5, 5.41) is 3.25. The van der Waals surface area contributed by atoms with Gasteiger partial charge >= 0.3 is 0 Å². The summed E-state index contributed by atoms with van der Waals surface area (Å²) in [7, 11) is 0. The predicted octanol–water partition coefficient (Wildman–Crippen LogP) is 0.0971. The molecule has 2 heterocycles. The van der Waals surface area contributed by atoms with Gasteiger partial charge in [-0.25, -0.2) is 4.98 Å². The lowest BCUT2D eigenvalue weighted by atomic mass is 9.68. The predicted molar refractivity (Wildman–Crippen MR) is 70.6 cm³/mol. The van der Waals surface area contributed by atoms with Crippen LogP contribution in [0.25, 0.3) is 0 Å². The third kappa shape index (κ3) is 2.17. The zero-order valence-electron chi connectivity index (χ0n) is 10.6. The standard InChI is InChI=1S/C13H18N4O2/c14-10-7-3-2-6-19-12(7)11(10)17-9-5-1-4-8(16-9)13(15)18/h1,4-5,7,10-12H,2-3,6,14H2,(H2,15,18)(H,16,17). The molecule has 0 radical (unpaired) electrons. The van der Waals surface area contributed by atoms with E-state index in [0.29, 0.717) is 11.7 Å². The Balaban J connectivity index is 1.71. The molecule has 19 heavy (non-hydrogen) atoms. The molecule has 2 aliphatic rings. The van der Waals surface area contributed by atoms with E-state index in [1.54, 1.807) is 18.2 Å². The minimum Gasteiger partial charge on any atom is -0.376 e. The Kier molecular flexibility index (Phi) is 3.12. The molecule has 1 aliphatic heterocycles. The fourth-order valence-corrected chi connectivity index (χ4v) is 2.95. The van der Waals surface area contributed by atoms with Crippen LogP contribution in [0.3, 0.4) is 0 Å². The summed E-state index contributed by atoms with van der Waals surface area (Å²) in [5.41, 5.74) is 11.6. The number of amides is 1. The van der Waals surface area contributed by atoms with Crippen molar-refractivity contribution in [2.75, 3.05) is 11.9 Å². The van der Waals surface area contributed by atoms with Crippen molar-refractivity contribution >= 4 is 11.7 Å². The number of carbonyl (C=O) groups is 1. The van der Waals surface area contributed by atoms with E-state index in [9.17, 15) is 4.79 Å². The lowest BCUT2D eigenvalue weighted by Gasteiger charge is -2.52. The van der Waals surface area contributed by atoms with Gasteiger partial charge in [0, 0.05) is 18.6 Å². The number of anilines is 1. The van der Waals surface area contributed by atoms with Gasteiger partial charge in [-0.2, -0.15) is 0 Å². The third-order valence-electron chi connectivity index (χ3n) is 3.99. The molecule has 6 heteroatoms. The molecule has 1 saturated heterocycles. The summed E-state index contributed by atoms with van der Waals surface area (Å²) in [6, 6.07) is 5.27. The third-order valence-corrected chi connectivity index (χ3v) is 3.99. The Morgan fingerprint density at radius 2 is 2.32 bits per heavy atom. The van der Waals surface area contributed by atoms with Crippen LogP contribution in [-0.2, 0) is 4.74 Å². The summed E-state index contributed by atoms with van der Waals surface area (Å²) in [6.07, 6.45) is 2.36. The van der Waals surface area contributed by atoms with E-state index in [1.165, 1.54) is 0 Å². The van der Waals surface area contributed by atoms with Gasteiger partial charge in [-0.3, -0.25) is 4.79 Å². The number of hydrogen-bond acceptors (Lipinski definition) is 5. The molecule has 1 amide bonds. The molecule has 1 aromatic rings. The van der Waals surface area contributed by atoms with Crippen molar-refractivity contribution in [2.45, 2.75) is 31.0 Å². The number of nitrogens with one attached hydrogen (secondary N) is 1. The molecule has 6 nitrogen and oxygen atoms in total. The molecule has 0 aromatic carbocycles. The highest BCUT2D eigenvalue weighted by molar-refractivity contribution is 5.91. The van der Waals surface area contributed by atoms with Crippen LogP contribution >= 0.6 is 0 Å². The molecule has 4 unspecified atom stereocenters. The summed E-state index contributed by atoms with van der Waals surface area (Å²) >= 11 is 0. The van der Waals surface area contributed by atoms with Crippen molar-refractivity contribution in [1.29, 1.82) is 0 Å². The Morgan fingerprint density at radius 1 is 1.47 bits per heavy atom. The second kappa shape index (κ2) is 4.79. The molecule has 0 spiro atoms. The van der Waals surface area contributed by atoms with Gasteiger partial charge in [-0.15, -0.1) is 0 Å². The minimum absolute atomic E-state index is 0.0564. The van der Waals surface area contributed by atoms with E-state index >= 15 is 0 Å². The quantitative estimate of drug-likeness (QED) is 0.716. The largest absolute Gasteiger partial charge is 0.376 e. The smallest absolute Gasteiger partial charge is 0.267 e. The van der Waals surface area contributed by atoms with Gasteiger partial charge in [0.2, 0.25) is 0 Å². The first-order valence-electron chi connectivity index (χ1n) is 6.57. The summed E-state index contributed by atoms with van der Waals surface area (Å²) in [4.78, 5) is 15.3. The van der Waals surface area contributed by atoms with Crippen LogP contribution in [0.2, 0.25) is 0 Å². The van der Waals surface area contributed by atoms with E-state index in [-0.39, 0.29) is 23.9 Å². The molecule has 4 atom stereocenters. The van der Waals surface area contributed by atoms with Crippen molar-refractivity contribution in [3.05, 3.63) is 23.9 Å². The second-order valence-electron chi connectivity index (χ2n) is 5.16. The second-order valence-corrected chi connectivity index (χ2v) is 5.16. The maximum absolute atomic E-state index is 11.1. The number of fused-ring (bicyclic) bond motifs is 1. The highest BCUT2D eigenvalue weighted by atomic mass is 16.5. The minimum atomic E-state index is -0.534. The van der Waals surface area contributed by atoms with Crippen LogP contribution in [0, 0.1) is 5.92 Å². The van der Waals surface area contributed by atoms with E-state index in [0.717, 1.165) is 19.4 Å². The number of carbonyl (C=O) groups excluding carboxylic acids is 1. The van der Waals surface area contributed by atoms with Crippen molar-refractivity contribution in [3.8, 4) is 0 Å². The molecule has 1 aromatic heterocycles. The van der Waals surface area contributed by atoms with Gasteiger partial charge in [0.15, 0.2) is 0 Å². The SMILES string of the molecule is NC(=O)c1cccc(NC2C(N)C3CCCOC32)n1. The van der Waals surface area contributed by atoms with Gasteiger partial charge in [-0.05, 0) is 25.0 Å². The molecule has 5 N–H and O–H groups in total. The van der Waals surface area contributed by atoms with Gasteiger partial charge in [0.05, 0.1) is 12.1 Å². The zero-order chi connectivity index (χ0) is 13.4. The summed E-state index contributed by atoms with van der Waals surface area (Å²) in [6.45, 7) is 0.792. The van der Waals surface area contributed by atoms with Crippen molar-refractivity contribution in [2.24, 2.45) is 17.4 Å². The lowest BCUT2D eigenvalue weighted by Crippen LogP contribution is -2.69. The lowest BCUT2D eigenvalue weighted by molar-refractivity contribution is -0.104. The maximum Gasteiger partial charge on any atom is 0.267 e. The van der Waals surface area contributed by atoms with E-state index in [4.69, 9.17) is 16.2 Å². The molecule has 2 fully saturated rings. The molecule has 3 rings (SSSR count). The van der Waals surface area contributed by atoms with E-state index in [1.807, 2.05) is 0 Å². The monoisotopic (exact) mass is 262 g/mol. The molecule has 1 saturated carbocycles. The van der Waals surface area contributed by atoms with Crippen LogP contribution in [-0.4, -0.2) is 35.7 Å². The average molecular weight is 262 g/mol. The van der Waals surface area contributed by atoms with E-state index in [2.05, 4.69) is 10.3 Å². The molecule has 1 aliphatic carbocycles. The van der Waals surface area contributed by atoms with Gasteiger partial charge in [-0.1, -0.05) is 6.07 Å². The highest BCUT2D eigenvalue weighted by Crippen LogP contribution is 2.38. The molecule has 0 bridgehead atoms. The number of ether oxygens (including phenoxy) is 1. The molecule has 102 valence electrons. The van der Waals surface area contributed by atoms with E-state index < -0.39 is 5.91 Å². The molecular formula is C13H18N4O2. The van der Waals surface area contributed by atoms with Crippen LogP contribution in [0.4, 0.5) is 5.82 Å².